The van der Waals surface area contributed by atoms with Crippen LogP contribution in [0.15, 0.2) is 12.4 Å². The molecule has 6 nitrogen and oxygen atoms in total. The Hall–Kier alpha value is -1.40. The van der Waals surface area contributed by atoms with Crippen molar-refractivity contribution in [3.05, 3.63) is 18.0 Å². The van der Waals surface area contributed by atoms with Gasteiger partial charge < -0.3 is 15.4 Å². The van der Waals surface area contributed by atoms with Crippen LogP contribution in [-0.4, -0.2) is 42.5 Å². The Morgan fingerprint density at radius 2 is 2.30 bits per heavy atom. The standard InChI is InChI=1S/C14H24N4O2/c1-15-13(12-9-17-18(2)10-12)14(19)16-6-3-11-4-7-20-8-5-11/h9-11,13,15H,3-8H2,1-2H3,(H,16,19). The number of hydrogen-bond donors (Lipinski definition) is 2. The zero-order valence-corrected chi connectivity index (χ0v) is 12.3. The molecule has 0 bridgehead atoms. The van der Waals surface area contributed by atoms with Gasteiger partial charge in [0.25, 0.3) is 0 Å². The van der Waals surface area contributed by atoms with E-state index >= 15 is 0 Å². The molecule has 1 fully saturated rings. The Morgan fingerprint density at radius 1 is 1.55 bits per heavy atom. The van der Waals surface area contributed by atoms with Crippen LogP contribution < -0.4 is 10.6 Å². The molecule has 2 rings (SSSR count). The monoisotopic (exact) mass is 280 g/mol. The molecule has 0 spiro atoms. The Kier molecular flexibility index (Phi) is 5.55. The lowest BCUT2D eigenvalue weighted by Gasteiger charge is -2.22. The van der Waals surface area contributed by atoms with Gasteiger partial charge in [0.15, 0.2) is 0 Å². The molecule has 1 aromatic heterocycles. The summed E-state index contributed by atoms with van der Waals surface area (Å²) in [4.78, 5) is 12.2. The lowest BCUT2D eigenvalue weighted by Crippen LogP contribution is -2.37. The molecule has 2 heterocycles. The molecular weight excluding hydrogens is 256 g/mol. The largest absolute Gasteiger partial charge is 0.381 e. The number of nitrogens with one attached hydrogen (secondary N) is 2. The summed E-state index contributed by atoms with van der Waals surface area (Å²) in [7, 11) is 3.63. The van der Waals surface area contributed by atoms with E-state index in [1.165, 1.54) is 0 Å². The number of hydrogen-bond acceptors (Lipinski definition) is 4. The molecule has 1 aromatic rings. The second-order valence-electron chi connectivity index (χ2n) is 5.30. The minimum Gasteiger partial charge on any atom is -0.381 e. The lowest BCUT2D eigenvalue weighted by molar-refractivity contribution is -0.123. The summed E-state index contributed by atoms with van der Waals surface area (Å²) in [5.74, 6) is 0.683. The van der Waals surface area contributed by atoms with Crippen molar-refractivity contribution < 1.29 is 9.53 Å². The van der Waals surface area contributed by atoms with Crippen LogP contribution in [0.3, 0.4) is 0 Å². The SMILES string of the molecule is CNC(C(=O)NCCC1CCOCC1)c1cnn(C)c1. The average molecular weight is 280 g/mol. The van der Waals surface area contributed by atoms with Gasteiger partial charge in [0.1, 0.15) is 6.04 Å². The molecule has 0 radical (unpaired) electrons. The quantitative estimate of drug-likeness (QED) is 0.801. The molecule has 0 aliphatic carbocycles. The van der Waals surface area contributed by atoms with Crippen LogP contribution in [0.4, 0.5) is 0 Å². The van der Waals surface area contributed by atoms with Crippen molar-refractivity contribution in [2.75, 3.05) is 26.8 Å². The fraction of sp³-hybridized carbons (Fsp3) is 0.714. The lowest BCUT2D eigenvalue weighted by atomic mass is 9.96. The molecule has 2 N–H and O–H groups in total. The van der Waals surface area contributed by atoms with Gasteiger partial charge in [0, 0.05) is 38.6 Å². The molecule has 0 aromatic carbocycles. The Bertz CT molecular complexity index is 427. The maximum Gasteiger partial charge on any atom is 0.241 e. The van der Waals surface area contributed by atoms with Gasteiger partial charge in [-0.25, -0.2) is 0 Å². The third kappa shape index (κ3) is 4.05. The molecule has 1 amide bonds. The second kappa shape index (κ2) is 7.40. The van der Waals surface area contributed by atoms with E-state index in [4.69, 9.17) is 4.74 Å². The normalized spacial score (nSPS) is 17.9. The fourth-order valence-electron chi connectivity index (χ4n) is 2.57. The van der Waals surface area contributed by atoms with E-state index in [-0.39, 0.29) is 11.9 Å². The number of rotatable bonds is 6. The van der Waals surface area contributed by atoms with Gasteiger partial charge in [0.05, 0.1) is 6.20 Å². The fourth-order valence-corrected chi connectivity index (χ4v) is 2.57. The highest BCUT2D eigenvalue weighted by Gasteiger charge is 2.20. The highest BCUT2D eigenvalue weighted by Crippen LogP contribution is 2.18. The van der Waals surface area contributed by atoms with Crippen LogP contribution in [0.25, 0.3) is 0 Å². The average Bonchev–Trinajstić information content (AvgIpc) is 2.87. The van der Waals surface area contributed by atoms with E-state index in [0.717, 1.165) is 44.6 Å². The van der Waals surface area contributed by atoms with Crippen molar-refractivity contribution in [3.63, 3.8) is 0 Å². The first-order valence-electron chi connectivity index (χ1n) is 7.22. The minimum absolute atomic E-state index is 0.00700. The van der Waals surface area contributed by atoms with E-state index in [0.29, 0.717) is 5.92 Å². The van der Waals surface area contributed by atoms with Crippen molar-refractivity contribution in [1.82, 2.24) is 20.4 Å². The summed E-state index contributed by atoms with van der Waals surface area (Å²) in [6.07, 6.45) is 6.82. The molecular formula is C14H24N4O2. The third-order valence-corrected chi connectivity index (χ3v) is 3.80. The predicted octanol–water partition coefficient (Wildman–Crippen LogP) is 0.614. The number of aromatic nitrogens is 2. The molecule has 20 heavy (non-hydrogen) atoms. The Balaban J connectivity index is 1.77. The second-order valence-corrected chi connectivity index (χ2v) is 5.30. The first-order valence-corrected chi connectivity index (χ1v) is 7.22. The van der Waals surface area contributed by atoms with Crippen molar-refractivity contribution in [2.45, 2.75) is 25.3 Å². The highest BCUT2D eigenvalue weighted by atomic mass is 16.5. The highest BCUT2D eigenvalue weighted by molar-refractivity contribution is 5.82. The summed E-state index contributed by atoms with van der Waals surface area (Å²) >= 11 is 0. The number of ether oxygens (including phenoxy) is 1. The van der Waals surface area contributed by atoms with Crippen molar-refractivity contribution in [1.29, 1.82) is 0 Å². The predicted molar refractivity (Wildman–Crippen MR) is 76.2 cm³/mol. The van der Waals surface area contributed by atoms with Crippen LogP contribution in [0.1, 0.15) is 30.9 Å². The third-order valence-electron chi connectivity index (χ3n) is 3.80. The first-order chi connectivity index (χ1) is 9.70. The zero-order chi connectivity index (χ0) is 14.4. The van der Waals surface area contributed by atoms with E-state index in [9.17, 15) is 4.79 Å². The molecule has 1 aliphatic rings. The number of likely N-dealkylation sites (N-methyl/N-ethyl adjacent to an activating group) is 1. The summed E-state index contributed by atoms with van der Waals surface area (Å²) in [5.41, 5.74) is 0.888. The van der Waals surface area contributed by atoms with E-state index < -0.39 is 0 Å². The Morgan fingerprint density at radius 3 is 2.90 bits per heavy atom. The van der Waals surface area contributed by atoms with Gasteiger partial charge >= 0.3 is 0 Å². The number of amides is 1. The van der Waals surface area contributed by atoms with Crippen molar-refractivity contribution in [3.8, 4) is 0 Å². The number of carbonyl (C=O) groups excluding carboxylic acids is 1. The van der Waals surface area contributed by atoms with Gasteiger partial charge in [-0.1, -0.05) is 0 Å². The number of carbonyl (C=O) groups is 1. The maximum atomic E-state index is 12.2. The van der Waals surface area contributed by atoms with Gasteiger partial charge in [-0.3, -0.25) is 9.48 Å². The topological polar surface area (TPSA) is 68.2 Å². The van der Waals surface area contributed by atoms with E-state index in [2.05, 4.69) is 15.7 Å². The first kappa shape index (κ1) is 15.0. The molecule has 1 saturated heterocycles. The summed E-state index contributed by atoms with van der Waals surface area (Å²) in [6, 6.07) is -0.335. The van der Waals surface area contributed by atoms with Crippen LogP contribution >= 0.6 is 0 Å². The molecule has 6 heteroatoms. The summed E-state index contributed by atoms with van der Waals surface area (Å²) < 4.78 is 7.04. The van der Waals surface area contributed by atoms with Crippen LogP contribution in [0.2, 0.25) is 0 Å². The molecule has 0 saturated carbocycles. The summed E-state index contributed by atoms with van der Waals surface area (Å²) in [5, 5.41) is 10.1. The van der Waals surface area contributed by atoms with Crippen molar-refractivity contribution >= 4 is 5.91 Å². The number of aryl methyl sites for hydroxylation is 1. The van der Waals surface area contributed by atoms with Crippen LogP contribution in [0.5, 0.6) is 0 Å². The van der Waals surface area contributed by atoms with Gasteiger partial charge in [-0.15, -0.1) is 0 Å². The molecule has 1 unspecified atom stereocenters. The molecule has 1 aliphatic heterocycles. The van der Waals surface area contributed by atoms with Crippen molar-refractivity contribution in [2.24, 2.45) is 13.0 Å². The number of nitrogens with zero attached hydrogens (tertiary/aromatic N) is 2. The van der Waals surface area contributed by atoms with Gasteiger partial charge in [-0.2, -0.15) is 5.10 Å². The molecule has 112 valence electrons. The van der Waals surface area contributed by atoms with Gasteiger partial charge in [-0.05, 0) is 32.2 Å². The molecule has 1 atom stereocenters. The van der Waals surface area contributed by atoms with Gasteiger partial charge in [0.2, 0.25) is 5.91 Å². The minimum atomic E-state index is -0.335. The smallest absolute Gasteiger partial charge is 0.241 e. The van der Waals surface area contributed by atoms with E-state index in [1.807, 2.05) is 13.2 Å². The van der Waals surface area contributed by atoms with Crippen LogP contribution in [0, 0.1) is 5.92 Å². The zero-order valence-electron chi connectivity index (χ0n) is 12.3. The summed E-state index contributed by atoms with van der Waals surface area (Å²) in [6.45, 7) is 2.43. The van der Waals surface area contributed by atoms with Crippen LogP contribution in [-0.2, 0) is 16.6 Å². The van der Waals surface area contributed by atoms with E-state index in [1.54, 1.807) is 17.9 Å². The maximum absolute atomic E-state index is 12.2. The Labute approximate surface area is 119 Å².